The van der Waals surface area contributed by atoms with Crippen molar-refractivity contribution in [1.29, 1.82) is 0 Å². The van der Waals surface area contributed by atoms with Crippen molar-refractivity contribution in [3.8, 4) is 11.8 Å². The SMILES string of the molecule is CC(=O)O.CC(C)(C)OC(=O)/C=C/c1ccc(C#Cc2ccc(N3CCNCC3)cc2)s1. The fourth-order valence-electron chi connectivity index (χ4n) is 2.81. The molecule has 0 radical (unpaired) electrons. The number of anilines is 1. The van der Waals surface area contributed by atoms with Crippen molar-refractivity contribution in [2.45, 2.75) is 33.3 Å². The van der Waals surface area contributed by atoms with Crippen LogP contribution in [0.4, 0.5) is 5.69 Å². The van der Waals surface area contributed by atoms with E-state index in [1.54, 1.807) is 17.4 Å². The Morgan fingerprint density at radius 1 is 1.09 bits per heavy atom. The Morgan fingerprint density at radius 3 is 2.31 bits per heavy atom. The predicted octanol–water partition coefficient (Wildman–Crippen LogP) is 4.00. The quantitative estimate of drug-likeness (QED) is 0.415. The summed E-state index contributed by atoms with van der Waals surface area (Å²) in [5.41, 5.74) is 1.77. The molecule has 32 heavy (non-hydrogen) atoms. The Hall–Kier alpha value is -3.08. The number of carbonyl (C=O) groups excluding carboxylic acids is 1. The van der Waals surface area contributed by atoms with Gasteiger partial charge in [0.25, 0.3) is 5.97 Å². The van der Waals surface area contributed by atoms with Crippen LogP contribution in [-0.2, 0) is 14.3 Å². The first-order valence-corrected chi connectivity index (χ1v) is 11.2. The summed E-state index contributed by atoms with van der Waals surface area (Å²) in [7, 11) is 0. The van der Waals surface area contributed by atoms with Crippen molar-refractivity contribution in [3.63, 3.8) is 0 Å². The minimum absolute atomic E-state index is 0.335. The van der Waals surface area contributed by atoms with Gasteiger partial charge >= 0.3 is 5.97 Å². The Bertz CT molecular complexity index is 981. The van der Waals surface area contributed by atoms with E-state index in [2.05, 4.69) is 46.3 Å². The molecule has 0 spiro atoms. The standard InChI is InChI=1S/C23H26N2O2S.C2H4O2/c1-23(2,3)27-22(26)13-12-21-11-10-20(28-21)9-6-18-4-7-19(8-5-18)25-16-14-24-15-17-25;1-2(3)4/h4-5,7-8,10-13,24H,14-17H2,1-3H3;1H3,(H,3,4)/b13-12+;. The molecular weight excluding hydrogens is 424 g/mol. The Labute approximate surface area is 193 Å². The first-order valence-electron chi connectivity index (χ1n) is 10.4. The summed E-state index contributed by atoms with van der Waals surface area (Å²) < 4.78 is 5.27. The Kier molecular flexibility index (Phi) is 9.51. The van der Waals surface area contributed by atoms with Gasteiger partial charge in [-0.1, -0.05) is 11.8 Å². The molecule has 3 rings (SSSR count). The number of rotatable bonds is 3. The second-order valence-electron chi connectivity index (χ2n) is 8.12. The molecule has 0 unspecified atom stereocenters. The van der Waals surface area contributed by atoms with Gasteiger partial charge in [0.15, 0.2) is 0 Å². The van der Waals surface area contributed by atoms with Gasteiger partial charge in [-0.25, -0.2) is 4.79 Å². The minimum atomic E-state index is -0.833. The topological polar surface area (TPSA) is 78.9 Å². The molecule has 2 aromatic rings. The van der Waals surface area contributed by atoms with Crippen LogP contribution in [0.1, 0.15) is 43.0 Å². The van der Waals surface area contributed by atoms with Crippen LogP contribution in [0.25, 0.3) is 6.08 Å². The fraction of sp³-hybridized carbons (Fsp3) is 0.360. The maximum atomic E-state index is 11.8. The summed E-state index contributed by atoms with van der Waals surface area (Å²) >= 11 is 1.55. The van der Waals surface area contributed by atoms with Crippen molar-refractivity contribution in [3.05, 3.63) is 57.8 Å². The molecule has 1 fully saturated rings. The molecule has 1 aliphatic rings. The van der Waals surface area contributed by atoms with E-state index >= 15 is 0 Å². The number of ether oxygens (including phenoxy) is 1. The van der Waals surface area contributed by atoms with E-state index in [9.17, 15) is 4.79 Å². The molecule has 2 heterocycles. The first-order chi connectivity index (χ1) is 15.1. The molecule has 0 aliphatic carbocycles. The van der Waals surface area contributed by atoms with Gasteiger partial charge in [-0.2, -0.15) is 0 Å². The van der Waals surface area contributed by atoms with Crippen LogP contribution >= 0.6 is 11.3 Å². The number of carboxylic acid groups (broad SMARTS) is 1. The van der Waals surface area contributed by atoms with Crippen LogP contribution in [0, 0.1) is 11.8 Å². The normalized spacial score (nSPS) is 13.6. The number of carbonyl (C=O) groups is 2. The van der Waals surface area contributed by atoms with E-state index in [0.717, 1.165) is 48.4 Å². The molecule has 2 N–H and O–H groups in total. The fourth-order valence-corrected chi connectivity index (χ4v) is 3.57. The molecule has 170 valence electrons. The van der Waals surface area contributed by atoms with Crippen LogP contribution in [0.15, 0.2) is 42.5 Å². The lowest BCUT2D eigenvalue weighted by atomic mass is 10.2. The highest BCUT2D eigenvalue weighted by Gasteiger charge is 2.14. The second kappa shape index (κ2) is 12.1. The Balaban J connectivity index is 0.000000837. The summed E-state index contributed by atoms with van der Waals surface area (Å²) in [6.07, 6.45) is 3.23. The summed E-state index contributed by atoms with van der Waals surface area (Å²) in [5.74, 6) is 5.25. The highest BCUT2D eigenvalue weighted by atomic mass is 32.1. The van der Waals surface area contributed by atoms with E-state index in [4.69, 9.17) is 14.6 Å². The van der Waals surface area contributed by atoms with Crippen LogP contribution in [0.3, 0.4) is 0 Å². The predicted molar refractivity (Wildman–Crippen MR) is 130 cm³/mol. The van der Waals surface area contributed by atoms with Crippen molar-refractivity contribution < 1.29 is 19.4 Å². The van der Waals surface area contributed by atoms with Crippen molar-refractivity contribution in [2.75, 3.05) is 31.1 Å². The maximum absolute atomic E-state index is 11.8. The number of aliphatic carboxylic acids is 1. The number of thiophene rings is 1. The third-order valence-corrected chi connectivity index (χ3v) is 5.06. The number of benzene rings is 1. The maximum Gasteiger partial charge on any atom is 0.331 e. The number of carboxylic acids is 1. The lowest BCUT2D eigenvalue weighted by Crippen LogP contribution is -2.43. The third kappa shape index (κ3) is 9.82. The van der Waals surface area contributed by atoms with Gasteiger partial charge < -0.3 is 20.1 Å². The van der Waals surface area contributed by atoms with E-state index in [-0.39, 0.29) is 5.97 Å². The number of esters is 1. The number of hydrogen-bond donors (Lipinski definition) is 2. The molecule has 0 bridgehead atoms. The average Bonchev–Trinajstić information content (AvgIpc) is 3.18. The van der Waals surface area contributed by atoms with E-state index in [1.165, 1.54) is 11.8 Å². The van der Waals surface area contributed by atoms with Gasteiger partial charge in [0.1, 0.15) is 5.60 Å². The molecule has 0 amide bonds. The highest BCUT2D eigenvalue weighted by Crippen LogP contribution is 2.19. The van der Waals surface area contributed by atoms with Crippen molar-refractivity contribution >= 4 is 35.0 Å². The van der Waals surface area contributed by atoms with Crippen molar-refractivity contribution in [2.24, 2.45) is 0 Å². The zero-order valence-electron chi connectivity index (χ0n) is 19.0. The number of piperazine rings is 1. The zero-order valence-corrected chi connectivity index (χ0v) is 19.8. The highest BCUT2D eigenvalue weighted by molar-refractivity contribution is 7.13. The van der Waals surface area contributed by atoms with Crippen LogP contribution in [0.5, 0.6) is 0 Å². The van der Waals surface area contributed by atoms with Gasteiger partial charge in [0.2, 0.25) is 0 Å². The number of hydrogen-bond acceptors (Lipinski definition) is 6. The van der Waals surface area contributed by atoms with Gasteiger partial charge in [-0.15, -0.1) is 11.3 Å². The average molecular weight is 455 g/mol. The van der Waals surface area contributed by atoms with E-state index in [0.29, 0.717) is 0 Å². The van der Waals surface area contributed by atoms with Crippen LogP contribution < -0.4 is 10.2 Å². The number of nitrogens with zero attached hydrogens (tertiary/aromatic N) is 1. The first kappa shape index (κ1) is 25.2. The lowest BCUT2D eigenvalue weighted by molar-refractivity contribution is -0.148. The molecule has 1 aromatic heterocycles. The molecule has 6 nitrogen and oxygen atoms in total. The monoisotopic (exact) mass is 454 g/mol. The van der Waals surface area contributed by atoms with Gasteiger partial charge in [0, 0.05) is 55.3 Å². The molecule has 1 aromatic carbocycles. The van der Waals surface area contributed by atoms with Gasteiger partial charge in [-0.05, 0) is 63.2 Å². The summed E-state index contributed by atoms with van der Waals surface area (Å²) in [6, 6.07) is 12.4. The molecule has 7 heteroatoms. The molecule has 0 atom stereocenters. The van der Waals surface area contributed by atoms with E-state index < -0.39 is 11.6 Å². The van der Waals surface area contributed by atoms with Gasteiger partial charge in [-0.3, -0.25) is 4.79 Å². The third-order valence-electron chi connectivity index (χ3n) is 4.10. The molecular formula is C25H30N2O4S. The zero-order chi connectivity index (χ0) is 23.6. The summed E-state index contributed by atoms with van der Waals surface area (Å²) in [4.78, 5) is 25.1. The molecule has 1 aliphatic heterocycles. The minimum Gasteiger partial charge on any atom is -0.481 e. The smallest absolute Gasteiger partial charge is 0.331 e. The van der Waals surface area contributed by atoms with Crippen LogP contribution in [-0.4, -0.2) is 48.8 Å². The van der Waals surface area contributed by atoms with Crippen molar-refractivity contribution in [1.82, 2.24) is 5.32 Å². The molecule has 0 saturated carbocycles. The molecule has 1 saturated heterocycles. The second-order valence-corrected chi connectivity index (χ2v) is 9.24. The lowest BCUT2D eigenvalue weighted by Gasteiger charge is -2.29. The summed E-state index contributed by atoms with van der Waals surface area (Å²) in [5, 5.41) is 10.8. The number of nitrogens with one attached hydrogen (secondary N) is 1. The summed E-state index contributed by atoms with van der Waals surface area (Å²) in [6.45, 7) is 10.8. The van der Waals surface area contributed by atoms with Crippen LogP contribution in [0.2, 0.25) is 0 Å². The Morgan fingerprint density at radius 2 is 1.72 bits per heavy atom. The van der Waals surface area contributed by atoms with E-state index in [1.807, 2.05) is 32.9 Å². The largest absolute Gasteiger partial charge is 0.481 e. The van der Waals surface area contributed by atoms with Gasteiger partial charge in [0.05, 0.1) is 4.88 Å².